The highest BCUT2D eigenvalue weighted by Gasteiger charge is 2.24. The number of aromatic nitrogens is 1. The van der Waals surface area contributed by atoms with Crippen molar-refractivity contribution in [2.45, 2.75) is 79.1 Å². The number of hydrogen-bond acceptors (Lipinski definition) is 4. The molecule has 162 valence electrons. The maximum absolute atomic E-state index is 10.9. The van der Waals surface area contributed by atoms with Gasteiger partial charge in [-0.1, -0.05) is 65.5 Å². The van der Waals surface area contributed by atoms with Gasteiger partial charge in [0.15, 0.2) is 5.01 Å². The standard InChI is InChI=1S/C16H36N.C8H4N2OS/c1-5-9-13-17(14-10-6-2,15-11-7-3)16-12-8-4;9-4-8-10-6-2-1-5(11)3-7(6)12-8/h5-16H2,1-4H3;1-3,11H/q+1;/p-1. The van der Waals surface area contributed by atoms with Gasteiger partial charge >= 0.3 is 0 Å². The zero-order chi connectivity index (χ0) is 21.5. The number of quaternary nitrogens is 1. The van der Waals surface area contributed by atoms with Crippen molar-refractivity contribution in [3.05, 3.63) is 23.2 Å². The van der Waals surface area contributed by atoms with Crippen LogP contribution in [-0.2, 0) is 0 Å². The van der Waals surface area contributed by atoms with Crippen LogP contribution in [0.2, 0.25) is 0 Å². The summed E-state index contributed by atoms with van der Waals surface area (Å²) in [5, 5.41) is 19.8. The molecule has 1 heterocycles. The molecule has 29 heavy (non-hydrogen) atoms. The van der Waals surface area contributed by atoms with Crippen molar-refractivity contribution >= 4 is 21.6 Å². The van der Waals surface area contributed by atoms with Gasteiger partial charge in [0.2, 0.25) is 0 Å². The molecule has 0 atom stereocenters. The van der Waals surface area contributed by atoms with Crippen molar-refractivity contribution in [2.75, 3.05) is 26.2 Å². The number of thiazole rings is 1. The number of nitriles is 1. The zero-order valence-electron chi connectivity index (χ0n) is 18.9. The van der Waals surface area contributed by atoms with Crippen LogP contribution in [0.15, 0.2) is 18.2 Å². The molecule has 2 rings (SSSR count). The SMILES string of the molecule is CCCC[N+](CCCC)(CCCC)CCCC.N#Cc1nc2ccc([O-])cc2s1. The normalized spacial score (nSPS) is 11.1. The van der Waals surface area contributed by atoms with Crippen molar-refractivity contribution in [1.82, 2.24) is 4.98 Å². The summed E-state index contributed by atoms with van der Waals surface area (Å²) in [7, 11) is 0. The van der Waals surface area contributed by atoms with Crippen molar-refractivity contribution in [3.8, 4) is 11.8 Å². The van der Waals surface area contributed by atoms with Gasteiger partial charge in [-0.05, 0) is 31.7 Å². The summed E-state index contributed by atoms with van der Waals surface area (Å²) in [4.78, 5) is 3.99. The quantitative estimate of drug-likeness (QED) is 0.384. The lowest BCUT2D eigenvalue weighted by molar-refractivity contribution is -0.929. The van der Waals surface area contributed by atoms with E-state index in [9.17, 15) is 5.11 Å². The zero-order valence-corrected chi connectivity index (χ0v) is 19.7. The monoisotopic (exact) mass is 417 g/mol. The molecule has 0 fully saturated rings. The van der Waals surface area contributed by atoms with E-state index < -0.39 is 0 Å². The molecule has 1 aromatic heterocycles. The largest absolute Gasteiger partial charge is 0.872 e. The Morgan fingerprint density at radius 2 is 1.38 bits per heavy atom. The highest BCUT2D eigenvalue weighted by atomic mass is 32.1. The fourth-order valence-corrected chi connectivity index (χ4v) is 4.39. The molecule has 5 heteroatoms. The van der Waals surface area contributed by atoms with Crippen LogP contribution in [0.3, 0.4) is 0 Å². The molecule has 0 saturated carbocycles. The summed E-state index contributed by atoms with van der Waals surface area (Å²) >= 11 is 1.24. The van der Waals surface area contributed by atoms with Gasteiger partial charge in [-0.15, -0.1) is 17.1 Å². The molecule has 0 bridgehead atoms. The summed E-state index contributed by atoms with van der Waals surface area (Å²) in [5.74, 6) is -0.0457. The van der Waals surface area contributed by atoms with Gasteiger partial charge in [0.05, 0.1) is 36.4 Å². The van der Waals surface area contributed by atoms with Crippen LogP contribution < -0.4 is 5.11 Å². The molecule has 0 aliphatic carbocycles. The number of benzene rings is 1. The Bertz CT molecular complexity index is 698. The van der Waals surface area contributed by atoms with E-state index in [-0.39, 0.29) is 5.75 Å². The summed E-state index contributed by atoms with van der Waals surface area (Å²) in [6, 6.07) is 6.52. The van der Waals surface area contributed by atoms with Crippen LogP contribution in [0, 0.1) is 11.3 Å². The summed E-state index contributed by atoms with van der Waals surface area (Å²) in [6.07, 6.45) is 11.1. The number of fused-ring (bicyclic) bond motifs is 1. The topological polar surface area (TPSA) is 59.7 Å². The van der Waals surface area contributed by atoms with E-state index in [2.05, 4.69) is 32.7 Å². The smallest absolute Gasteiger partial charge is 0.195 e. The molecule has 0 radical (unpaired) electrons. The van der Waals surface area contributed by atoms with Gasteiger partial charge in [0, 0.05) is 0 Å². The predicted molar refractivity (Wildman–Crippen MR) is 123 cm³/mol. The molecule has 1 aromatic carbocycles. The molecule has 0 saturated heterocycles. The molecule has 0 aliphatic rings. The number of unbranched alkanes of at least 4 members (excludes halogenated alkanes) is 4. The molecule has 0 unspecified atom stereocenters. The number of hydrogen-bond donors (Lipinski definition) is 0. The fourth-order valence-electron chi connectivity index (χ4n) is 3.60. The highest BCUT2D eigenvalue weighted by molar-refractivity contribution is 7.19. The lowest BCUT2D eigenvalue weighted by atomic mass is 10.1. The Morgan fingerprint density at radius 3 is 1.79 bits per heavy atom. The fraction of sp³-hybridized carbons (Fsp3) is 0.667. The van der Waals surface area contributed by atoms with E-state index in [1.165, 1.54) is 105 Å². The molecule has 0 aliphatic heterocycles. The third kappa shape index (κ3) is 9.14. The Labute approximate surface area is 181 Å². The van der Waals surface area contributed by atoms with Gasteiger partial charge in [0.25, 0.3) is 0 Å². The Hall–Kier alpha value is -1.64. The second-order valence-corrected chi connectivity index (χ2v) is 8.94. The lowest BCUT2D eigenvalue weighted by Crippen LogP contribution is -2.50. The Balaban J connectivity index is 0.000000304. The first-order valence-corrected chi connectivity index (χ1v) is 12.2. The maximum Gasteiger partial charge on any atom is 0.195 e. The average Bonchev–Trinajstić information content (AvgIpc) is 3.15. The summed E-state index contributed by atoms with van der Waals surface area (Å²) < 4.78 is 2.20. The molecule has 0 N–H and O–H groups in total. The molecule has 4 nitrogen and oxygen atoms in total. The summed E-state index contributed by atoms with van der Waals surface area (Å²) in [5.41, 5.74) is 0.719. The summed E-state index contributed by atoms with van der Waals surface area (Å²) in [6.45, 7) is 15.0. The van der Waals surface area contributed by atoms with Gasteiger partial charge in [-0.2, -0.15) is 5.26 Å². The first-order valence-electron chi connectivity index (χ1n) is 11.4. The molecule has 0 spiro atoms. The minimum Gasteiger partial charge on any atom is -0.872 e. The molecular formula is C24H39N3OS. The van der Waals surface area contributed by atoms with Crippen LogP contribution in [0.4, 0.5) is 0 Å². The first kappa shape index (κ1) is 25.4. The van der Waals surface area contributed by atoms with Crippen molar-refractivity contribution in [2.24, 2.45) is 0 Å². The van der Waals surface area contributed by atoms with Crippen LogP contribution in [0.1, 0.15) is 84.1 Å². The van der Waals surface area contributed by atoms with E-state index in [0.29, 0.717) is 5.01 Å². The van der Waals surface area contributed by atoms with Gasteiger partial charge in [0.1, 0.15) is 6.07 Å². The lowest BCUT2D eigenvalue weighted by Gasteiger charge is -2.39. The molecule has 2 aromatic rings. The van der Waals surface area contributed by atoms with E-state index in [1.54, 1.807) is 6.07 Å². The minimum absolute atomic E-state index is 0.0457. The predicted octanol–water partition coefficient (Wildman–Crippen LogP) is 6.25. The van der Waals surface area contributed by atoms with E-state index in [0.717, 1.165) is 10.2 Å². The first-order chi connectivity index (χ1) is 14.0. The van der Waals surface area contributed by atoms with Crippen molar-refractivity contribution < 1.29 is 9.59 Å². The highest BCUT2D eigenvalue weighted by Crippen LogP contribution is 2.23. The van der Waals surface area contributed by atoms with Crippen LogP contribution in [0.25, 0.3) is 10.2 Å². The number of nitrogens with zero attached hydrogens (tertiary/aromatic N) is 3. The second-order valence-electron chi connectivity index (χ2n) is 7.91. The van der Waals surface area contributed by atoms with E-state index in [1.807, 2.05) is 6.07 Å². The minimum atomic E-state index is -0.0457. The number of rotatable bonds is 12. The van der Waals surface area contributed by atoms with Crippen LogP contribution >= 0.6 is 11.3 Å². The van der Waals surface area contributed by atoms with Crippen LogP contribution in [0.5, 0.6) is 5.75 Å². The van der Waals surface area contributed by atoms with Crippen molar-refractivity contribution in [3.63, 3.8) is 0 Å². The van der Waals surface area contributed by atoms with Crippen LogP contribution in [-0.4, -0.2) is 35.6 Å². The third-order valence-electron chi connectivity index (χ3n) is 5.40. The van der Waals surface area contributed by atoms with Gasteiger partial charge in [-0.25, -0.2) is 4.98 Å². The van der Waals surface area contributed by atoms with Gasteiger partial charge < -0.3 is 9.59 Å². The maximum atomic E-state index is 10.9. The molecular weight excluding hydrogens is 378 g/mol. The average molecular weight is 418 g/mol. The van der Waals surface area contributed by atoms with Gasteiger partial charge in [-0.3, -0.25) is 0 Å². The Morgan fingerprint density at radius 1 is 0.897 bits per heavy atom. The molecule has 0 amide bonds. The van der Waals surface area contributed by atoms with E-state index >= 15 is 0 Å². The van der Waals surface area contributed by atoms with E-state index in [4.69, 9.17) is 5.26 Å². The second kappa shape index (κ2) is 14.4. The van der Waals surface area contributed by atoms with Crippen molar-refractivity contribution in [1.29, 1.82) is 5.26 Å². The third-order valence-corrected chi connectivity index (χ3v) is 6.32. The Kier molecular flexibility index (Phi) is 12.6.